The van der Waals surface area contributed by atoms with Gasteiger partial charge in [0.15, 0.2) is 0 Å². The largest absolute Gasteiger partial charge is 0.260 e. The van der Waals surface area contributed by atoms with Gasteiger partial charge in [0.05, 0.1) is 0 Å². The van der Waals surface area contributed by atoms with Crippen LogP contribution in [0.1, 0.15) is 39.0 Å². The van der Waals surface area contributed by atoms with Crippen molar-refractivity contribution in [3.63, 3.8) is 0 Å². The number of rotatable bonds is 5. The first-order valence-electron chi connectivity index (χ1n) is 4.16. The maximum absolute atomic E-state index is 10.9. The van der Waals surface area contributed by atoms with Crippen LogP contribution in [0.25, 0.3) is 0 Å². The molecule has 0 fully saturated rings. The van der Waals surface area contributed by atoms with Crippen LogP contribution in [-0.4, -0.2) is 15.8 Å². The second kappa shape index (κ2) is 5.61. The average Bonchev–Trinajstić information content (AvgIpc) is 1.85. The van der Waals surface area contributed by atoms with Crippen LogP contribution in [0.3, 0.4) is 0 Å². The lowest BCUT2D eigenvalue weighted by atomic mass is 10.2. The molecule has 68 valence electrons. The van der Waals surface area contributed by atoms with Gasteiger partial charge >= 0.3 is 0 Å². The first-order chi connectivity index (χ1) is 5.06. The summed E-state index contributed by atoms with van der Waals surface area (Å²) in [5.41, 5.74) is 0. The van der Waals surface area contributed by atoms with E-state index in [1.54, 1.807) is 11.6 Å². The second-order valence-corrected chi connectivity index (χ2v) is 5.25. The van der Waals surface area contributed by atoms with E-state index in [-0.39, 0.29) is 0 Å². The van der Waals surface area contributed by atoms with Gasteiger partial charge < -0.3 is 0 Å². The molecule has 2 N–H and O–H groups in total. The van der Waals surface area contributed by atoms with Crippen LogP contribution in [0.15, 0.2) is 0 Å². The molecule has 0 heterocycles. The maximum atomic E-state index is 10.9. The number of hydrogen-bond acceptors (Lipinski definition) is 1. The predicted octanol–water partition coefficient (Wildman–Crippen LogP) is 1.55. The van der Waals surface area contributed by atoms with Crippen LogP contribution in [0.5, 0.6) is 0 Å². The van der Waals surface area contributed by atoms with Crippen molar-refractivity contribution < 1.29 is 4.21 Å². The Morgan fingerprint density at radius 2 is 2.00 bits per heavy atom. The van der Waals surface area contributed by atoms with Crippen LogP contribution in [0, 0.1) is 0 Å². The van der Waals surface area contributed by atoms with Crippen molar-refractivity contribution in [2.24, 2.45) is 5.14 Å². The van der Waals surface area contributed by atoms with E-state index >= 15 is 0 Å². The van der Waals surface area contributed by atoms with E-state index in [4.69, 9.17) is 5.14 Å². The van der Waals surface area contributed by atoms with Crippen molar-refractivity contribution in [2.75, 3.05) is 6.26 Å². The highest BCUT2D eigenvalue weighted by Crippen LogP contribution is 2.00. The summed E-state index contributed by atoms with van der Waals surface area (Å²) in [6.45, 7) is 2.18. The van der Waals surface area contributed by atoms with Crippen LogP contribution < -0.4 is 5.14 Å². The summed E-state index contributed by atoms with van der Waals surface area (Å²) in [4.78, 5) is 0. The van der Waals surface area contributed by atoms with Crippen LogP contribution in [0.4, 0.5) is 0 Å². The Morgan fingerprint density at radius 3 is 2.45 bits per heavy atom. The monoisotopic (exact) mass is 177 g/mol. The molecule has 0 spiro atoms. The Kier molecular flexibility index (Phi) is 5.60. The molecule has 0 bridgehead atoms. The number of nitrogens with two attached hydrogens (primary N) is 1. The van der Waals surface area contributed by atoms with Gasteiger partial charge in [-0.3, -0.25) is 9.35 Å². The molecular weight excluding hydrogens is 158 g/mol. The first-order valence-corrected chi connectivity index (χ1v) is 6.25. The van der Waals surface area contributed by atoms with Gasteiger partial charge in [-0.2, -0.15) is 0 Å². The van der Waals surface area contributed by atoms with E-state index in [9.17, 15) is 4.21 Å². The SMILES string of the molecule is CCCCCCC=S(C)(N)=O. The molecule has 0 aliphatic rings. The molecule has 0 amide bonds. The van der Waals surface area contributed by atoms with Crippen molar-refractivity contribution in [2.45, 2.75) is 39.0 Å². The molecule has 0 rings (SSSR count). The molecule has 0 saturated carbocycles. The van der Waals surface area contributed by atoms with Gasteiger partial charge in [0, 0.05) is 16.0 Å². The van der Waals surface area contributed by atoms with Crippen molar-refractivity contribution in [3.8, 4) is 0 Å². The summed E-state index contributed by atoms with van der Waals surface area (Å²) in [6.07, 6.45) is 7.32. The van der Waals surface area contributed by atoms with Gasteiger partial charge in [0.1, 0.15) is 0 Å². The summed E-state index contributed by atoms with van der Waals surface area (Å²) in [5.74, 6) is 0. The lowest BCUT2D eigenvalue weighted by Crippen LogP contribution is -2.12. The van der Waals surface area contributed by atoms with Crippen LogP contribution in [0.2, 0.25) is 0 Å². The van der Waals surface area contributed by atoms with Crippen molar-refractivity contribution in [1.82, 2.24) is 0 Å². The zero-order chi connectivity index (χ0) is 8.74. The second-order valence-electron chi connectivity index (χ2n) is 2.98. The third kappa shape index (κ3) is 9.98. The Labute approximate surface area is 70.3 Å². The fourth-order valence-corrected chi connectivity index (χ4v) is 1.52. The number of unbranched alkanes of at least 4 members (excludes halogenated alkanes) is 4. The molecule has 0 aromatic heterocycles. The minimum absolute atomic E-state index is 0.895. The first kappa shape index (κ1) is 11.0. The molecule has 3 heteroatoms. The topological polar surface area (TPSA) is 43.1 Å². The van der Waals surface area contributed by atoms with Gasteiger partial charge in [-0.1, -0.05) is 26.2 Å². The minimum atomic E-state index is -2.09. The molecular formula is C8H19NOS. The number of hydrogen-bond donors (Lipinski definition) is 1. The lowest BCUT2D eigenvalue weighted by Gasteiger charge is -1.96. The summed E-state index contributed by atoms with van der Waals surface area (Å²) in [7, 11) is -2.09. The normalized spacial score (nSPS) is 15.9. The van der Waals surface area contributed by atoms with Crippen LogP contribution >= 0.6 is 0 Å². The molecule has 0 aromatic carbocycles. The third-order valence-electron chi connectivity index (χ3n) is 1.51. The lowest BCUT2D eigenvalue weighted by molar-refractivity contribution is 0.680. The van der Waals surface area contributed by atoms with Gasteiger partial charge in [0.25, 0.3) is 0 Å². The van der Waals surface area contributed by atoms with Crippen molar-refractivity contribution in [1.29, 1.82) is 0 Å². The zero-order valence-corrected chi connectivity index (χ0v) is 8.32. The molecule has 1 unspecified atom stereocenters. The molecule has 11 heavy (non-hydrogen) atoms. The van der Waals surface area contributed by atoms with Crippen molar-refractivity contribution in [3.05, 3.63) is 0 Å². The Balaban J connectivity index is 3.36. The zero-order valence-electron chi connectivity index (χ0n) is 7.51. The fraction of sp³-hybridized carbons (Fsp3) is 0.875. The highest BCUT2D eigenvalue weighted by atomic mass is 32.2. The van der Waals surface area contributed by atoms with E-state index in [0.717, 1.165) is 12.8 Å². The van der Waals surface area contributed by atoms with Gasteiger partial charge in [-0.05, 0) is 18.2 Å². The quantitative estimate of drug-likeness (QED) is 0.502. The summed E-state index contributed by atoms with van der Waals surface area (Å²) >= 11 is 0. The summed E-state index contributed by atoms with van der Waals surface area (Å²) in [5, 5.41) is 7.06. The molecule has 1 atom stereocenters. The molecule has 0 aliphatic heterocycles. The molecule has 0 aromatic rings. The van der Waals surface area contributed by atoms with Gasteiger partial charge in [0.2, 0.25) is 0 Å². The van der Waals surface area contributed by atoms with E-state index in [2.05, 4.69) is 6.92 Å². The highest BCUT2D eigenvalue weighted by Gasteiger charge is 1.88. The fourth-order valence-electron chi connectivity index (χ4n) is 0.888. The third-order valence-corrected chi connectivity index (χ3v) is 2.40. The van der Waals surface area contributed by atoms with Crippen LogP contribution in [-0.2, 0) is 9.71 Å². The Bertz CT molecular complexity index is 184. The molecule has 2 nitrogen and oxygen atoms in total. The van der Waals surface area contributed by atoms with Gasteiger partial charge in [-0.25, -0.2) is 0 Å². The van der Waals surface area contributed by atoms with E-state index in [1.807, 2.05) is 0 Å². The molecule has 0 radical (unpaired) electrons. The predicted molar refractivity (Wildman–Crippen MR) is 53.1 cm³/mol. The van der Waals surface area contributed by atoms with E-state index < -0.39 is 9.71 Å². The Hall–Kier alpha value is -0.0200. The molecule has 0 saturated heterocycles. The minimum Gasteiger partial charge on any atom is -0.260 e. The maximum Gasteiger partial charge on any atom is 0.0224 e. The Morgan fingerprint density at radius 1 is 1.36 bits per heavy atom. The average molecular weight is 177 g/mol. The van der Waals surface area contributed by atoms with E-state index in [1.165, 1.54) is 19.3 Å². The summed E-state index contributed by atoms with van der Waals surface area (Å²) in [6, 6.07) is 0. The van der Waals surface area contributed by atoms with Gasteiger partial charge in [-0.15, -0.1) is 0 Å². The van der Waals surface area contributed by atoms with E-state index in [0.29, 0.717) is 0 Å². The molecule has 0 aliphatic carbocycles. The highest BCUT2D eigenvalue weighted by molar-refractivity contribution is 7.98. The van der Waals surface area contributed by atoms with Crippen molar-refractivity contribution >= 4 is 15.1 Å². The smallest absolute Gasteiger partial charge is 0.0224 e. The standard InChI is InChI=1S/C8H19NOS/c1-3-4-5-6-7-8-11(2,9)10/h8H,3-7H2,1-2H3,(H2,9,10). The summed E-state index contributed by atoms with van der Waals surface area (Å²) < 4.78 is 10.9.